The highest BCUT2D eigenvalue weighted by Gasteiger charge is 2.27. The van der Waals surface area contributed by atoms with Crippen LogP contribution in [-0.2, 0) is 17.6 Å². The van der Waals surface area contributed by atoms with Crippen molar-refractivity contribution >= 4 is 17.3 Å². The lowest BCUT2D eigenvalue weighted by Crippen LogP contribution is -2.09. The Morgan fingerprint density at radius 2 is 2.13 bits per heavy atom. The minimum Gasteiger partial charge on any atom is -0.481 e. The number of thiophene rings is 1. The van der Waals surface area contributed by atoms with Crippen LogP contribution in [0, 0.1) is 0 Å². The fourth-order valence-electron chi connectivity index (χ4n) is 1.16. The van der Waals surface area contributed by atoms with Gasteiger partial charge in [0.25, 0.3) is 0 Å². The molecule has 0 saturated heterocycles. The highest BCUT2D eigenvalue weighted by molar-refractivity contribution is 7.10. The Labute approximate surface area is 88.3 Å². The van der Waals surface area contributed by atoms with Gasteiger partial charge in [-0.25, -0.2) is 0 Å². The van der Waals surface area contributed by atoms with Crippen molar-refractivity contribution in [3.8, 4) is 0 Å². The molecule has 0 aliphatic heterocycles. The Morgan fingerprint density at radius 1 is 1.47 bits per heavy atom. The molecule has 1 N–H and O–H groups in total. The Morgan fingerprint density at radius 3 is 2.67 bits per heavy atom. The molecule has 0 amide bonds. The lowest BCUT2D eigenvalue weighted by molar-refractivity contribution is -0.136. The number of carboxylic acid groups (broad SMARTS) is 1. The summed E-state index contributed by atoms with van der Waals surface area (Å²) in [5.74, 6) is -1.02. The molecule has 2 nitrogen and oxygen atoms in total. The number of rotatable bonds is 4. The van der Waals surface area contributed by atoms with E-state index in [4.69, 9.17) is 5.11 Å². The average Bonchev–Trinajstić information content (AvgIpc) is 2.46. The molecule has 1 rings (SSSR count). The van der Waals surface area contributed by atoms with Gasteiger partial charge in [0.1, 0.15) is 0 Å². The SMILES string of the molecule is O=C(O)Cc1sccc1CCC(F)(F)F. The quantitative estimate of drug-likeness (QED) is 0.875. The first kappa shape index (κ1) is 12.0. The summed E-state index contributed by atoms with van der Waals surface area (Å²) in [7, 11) is 0. The van der Waals surface area contributed by atoms with E-state index in [0.29, 0.717) is 10.4 Å². The third-order valence-electron chi connectivity index (χ3n) is 1.83. The molecule has 15 heavy (non-hydrogen) atoms. The maximum Gasteiger partial charge on any atom is 0.389 e. The van der Waals surface area contributed by atoms with Crippen molar-refractivity contribution in [2.75, 3.05) is 0 Å². The summed E-state index contributed by atoms with van der Waals surface area (Å²) in [6.45, 7) is 0. The Balaban J connectivity index is 2.61. The molecule has 0 saturated carbocycles. The number of hydrogen-bond acceptors (Lipinski definition) is 2. The van der Waals surface area contributed by atoms with Gasteiger partial charge in [-0.05, 0) is 23.4 Å². The number of carbonyl (C=O) groups is 1. The summed E-state index contributed by atoms with van der Waals surface area (Å²) in [5, 5.41) is 10.1. The predicted molar refractivity (Wildman–Crippen MR) is 50.0 cm³/mol. The number of aliphatic carboxylic acids is 1. The monoisotopic (exact) mass is 238 g/mol. The van der Waals surface area contributed by atoms with Crippen LogP contribution in [0.5, 0.6) is 0 Å². The molecule has 0 fully saturated rings. The van der Waals surface area contributed by atoms with Crippen molar-refractivity contribution in [1.29, 1.82) is 0 Å². The first-order valence-electron chi connectivity index (χ1n) is 4.22. The molecule has 6 heteroatoms. The molecular formula is C9H9F3O2S. The molecule has 0 spiro atoms. The maximum atomic E-state index is 11.9. The number of aryl methyl sites for hydroxylation is 1. The van der Waals surface area contributed by atoms with Crippen LogP contribution in [0.3, 0.4) is 0 Å². The van der Waals surface area contributed by atoms with Gasteiger partial charge in [0.2, 0.25) is 0 Å². The third-order valence-corrected chi connectivity index (χ3v) is 2.79. The molecule has 1 heterocycles. The minimum absolute atomic E-state index is 0.143. The Kier molecular flexibility index (Phi) is 3.73. The number of halogens is 3. The van der Waals surface area contributed by atoms with Crippen molar-refractivity contribution in [2.45, 2.75) is 25.4 Å². The van der Waals surface area contributed by atoms with Gasteiger partial charge in [0, 0.05) is 11.3 Å². The lowest BCUT2D eigenvalue weighted by Gasteiger charge is -2.05. The fraction of sp³-hybridized carbons (Fsp3) is 0.444. The molecule has 0 unspecified atom stereocenters. The lowest BCUT2D eigenvalue weighted by atomic mass is 10.1. The fourth-order valence-corrected chi connectivity index (χ4v) is 2.08. The molecule has 0 atom stereocenters. The molecular weight excluding hydrogens is 229 g/mol. The molecule has 0 radical (unpaired) electrons. The first-order chi connectivity index (χ1) is 6.88. The summed E-state index contributed by atoms with van der Waals surface area (Å²) in [6.07, 6.45) is -5.45. The largest absolute Gasteiger partial charge is 0.481 e. The zero-order chi connectivity index (χ0) is 11.5. The smallest absolute Gasteiger partial charge is 0.389 e. The van der Waals surface area contributed by atoms with Gasteiger partial charge in [0.05, 0.1) is 6.42 Å². The van der Waals surface area contributed by atoms with E-state index in [0.717, 1.165) is 0 Å². The highest BCUT2D eigenvalue weighted by atomic mass is 32.1. The Bertz CT molecular complexity index is 343. The zero-order valence-electron chi connectivity index (χ0n) is 7.67. The van der Waals surface area contributed by atoms with Crippen molar-refractivity contribution in [3.05, 3.63) is 21.9 Å². The van der Waals surface area contributed by atoms with Crippen molar-refractivity contribution in [3.63, 3.8) is 0 Å². The van der Waals surface area contributed by atoms with E-state index < -0.39 is 18.6 Å². The van der Waals surface area contributed by atoms with Gasteiger partial charge in [-0.1, -0.05) is 0 Å². The molecule has 0 bridgehead atoms. The van der Waals surface area contributed by atoms with E-state index in [1.165, 1.54) is 11.3 Å². The van der Waals surface area contributed by atoms with Gasteiger partial charge >= 0.3 is 12.1 Å². The molecule has 0 aliphatic rings. The predicted octanol–water partition coefficient (Wildman–Crippen LogP) is 2.87. The minimum atomic E-state index is -4.19. The molecule has 1 aromatic heterocycles. The van der Waals surface area contributed by atoms with Crippen molar-refractivity contribution in [1.82, 2.24) is 0 Å². The second-order valence-corrected chi connectivity index (χ2v) is 4.06. The van der Waals surface area contributed by atoms with Crippen molar-refractivity contribution < 1.29 is 23.1 Å². The van der Waals surface area contributed by atoms with Gasteiger partial charge < -0.3 is 5.11 Å². The first-order valence-corrected chi connectivity index (χ1v) is 5.10. The van der Waals surface area contributed by atoms with E-state index in [9.17, 15) is 18.0 Å². The van der Waals surface area contributed by atoms with Gasteiger partial charge in [-0.15, -0.1) is 11.3 Å². The highest BCUT2D eigenvalue weighted by Crippen LogP contribution is 2.25. The van der Waals surface area contributed by atoms with Crippen LogP contribution in [0.15, 0.2) is 11.4 Å². The molecule has 0 aliphatic carbocycles. The molecule has 84 valence electrons. The number of alkyl halides is 3. The zero-order valence-corrected chi connectivity index (χ0v) is 8.49. The van der Waals surface area contributed by atoms with Crippen LogP contribution in [0.4, 0.5) is 13.2 Å². The second-order valence-electron chi connectivity index (χ2n) is 3.05. The summed E-state index contributed by atoms with van der Waals surface area (Å²) >= 11 is 1.18. The Hall–Kier alpha value is -1.04. The molecule has 0 aromatic carbocycles. The summed E-state index contributed by atoms with van der Waals surface area (Å²) in [5.41, 5.74) is 0.486. The standard InChI is InChI=1S/C9H9F3O2S/c10-9(11,12)3-1-6-2-4-15-7(6)5-8(13)14/h2,4H,1,3,5H2,(H,13,14). The van der Waals surface area contributed by atoms with Crippen LogP contribution in [0.1, 0.15) is 16.9 Å². The number of hydrogen-bond donors (Lipinski definition) is 1. The van der Waals surface area contributed by atoms with Gasteiger partial charge in [-0.3, -0.25) is 4.79 Å². The maximum absolute atomic E-state index is 11.9. The van der Waals surface area contributed by atoms with E-state index in [1.54, 1.807) is 11.4 Å². The van der Waals surface area contributed by atoms with Gasteiger partial charge in [0.15, 0.2) is 0 Å². The van der Waals surface area contributed by atoms with Crippen LogP contribution in [-0.4, -0.2) is 17.3 Å². The normalized spacial score (nSPS) is 11.7. The van der Waals surface area contributed by atoms with E-state index >= 15 is 0 Å². The molecule has 1 aromatic rings. The van der Waals surface area contributed by atoms with Crippen LogP contribution < -0.4 is 0 Å². The van der Waals surface area contributed by atoms with E-state index in [2.05, 4.69) is 0 Å². The van der Waals surface area contributed by atoms with Crippen LogP contribution in [0.25, 0.3) is 0 Å². The van der Waals surface area contributed by atoms with E-state index in [1.807, 2.05) is 0 Å². The average molecular weight is 238 g/mol. The van der Waals surface area contributed by atoms with Crippen molar-refractivity contribution in [2.24, 2.45) is 0 Å². The number of carboxylic acids is 1. The van der Waals surface area contributed by atoms with Crippen LogP contribution >= 0.6 is 11.3 Å². The summed E-state index contributed by atoms with van der Waals surface area (Å²) in [4.78, 5) is 10.9. The van der Waals surface area contributed by atoms with Crippen LogP contribution in [0.2, 0.25) is 0 Å². The summed E-state index contributed by atoms with van der Waals surface area (Å²) in [6, 6.07) is 1.55. The summed E-state index contributed by atoms with van der Waals surface area (Å²) < 4.78 is 35.8. The van der Waals surface area contributed by atoms with E-state index in [-0.39, 0.29) is 12.8 Å². The topological polar surface area (TPSA) is 37.3 Å². The second kappa shape index (κ2) is 4.65. The van der Waals surface area contributed by atoms with Gasteiger partial charge in [-0.2, -0.15) is 13.2 Å². The third kappa shape index (κ3) is 4.33.